The van der Waals surface area contributed by atoms with Crippen molar-refractivity contribution in [3.8, 4) is 11.5 Å². The van der Waals surface area contributed by atoms with Crippen LogP contribution in [0.4, 0.5) is 5.69 Å². The predicted octanol–water partition coefficient (Wildman–Crippen LogP) is 4.66. The molecule has 0 atom stereocenters. The maximum atomic E-state index is 12.6. The molecule has 2 aromatic heterocycles. The second-order valence-corrected chi connectivity index (χ2v) is 6.17. The lowest BCUT2D eigenvalue weighted by Gasteiger charge is -2.04. The van der Waals surface area contributed by atoms with Gasteiger partial charge in [0.25, 0.3) is 5.91 Å². The minimum Gasteiger partial charge on any atom is -0.450 e. The summed E-state index contributed by atoms with van der Waals surface area (Å²) in [4.78, 5) is 12.6. The zero-order valence-electron chi connectivity index (χ0n) is 14.7. The second-order valence-electron chi connectivity index (χ2n) is 6.17. The molecule has 6 heteroatoms. The number of aromatic nitrogens is 2. The zero-order chi connectivity index (χ0) is 18.3. The highest BCUT2D eigenvalue weighted by atomic mass is 16.4. The predicted molar refractivity (Wildman–Crippen MR) is 98.1 cm³/mol. The molecule has 2 heterocycles. The van der Waals surface area contributed by atoms with E-state index >= 15 is 0 Å². The van der Waals surface area contributed by atoms with Gasteiger partial charge in [0.05, 0.1) is 0 Å². The number of aryl methyl sites for hydroxylation is 3. The van der Waals surface area contributed by atoms with Crippen molar-refractivity contribution in [3.63, 3.8) is 0 Å². The Morgan fingerprint density at radius 2 is 1.73 bits per heavy atom. The molecule has 0 saturated heterocycles. The van der Waals surface area contributed by atoms with Gasteiger partial charge in [-0.1, -0.05) is 18.2 Å². The van der Waals surface area contributed by atoms with Crippen molar-refractivity contribution in [1.29, 1.82) is 0 Å². The minimum absolute atomic E-state index is 0.278. The van der Waals surface area contributed by atoms with E-state index in [4.69, 9.17) is 8.83 Å². The van der Waals surface area contributed by atoms with Crippen molar-refractivity contribution in [1.82, 2.24) is 10.2 Å². The Kier molecular flexibility index (Phi) is 3.80. The van der Waals surface area contributed by atoms with Crippen LogP contribution in [0.2, 0.25) is 0 Å². The summed E-state index contributed by atoms with van der Waals surface area (Å²) in [5.41, 5.74) is 4.03. The SMILES string of the molecule is Cc1nnc(-c2ccc(NC(=O)c3oc4c(C)cccc4c3C)cc2)o1. The van der Waals surface area contributed by atoms with Gasteiger partial charge in [0.15, 0.2) is 5.76 Å². The Balaban J connectivity index is 1.58. The molecule has 0 saturated carbocycles. The van der Waals surface area contributed by atoms with Crippen molar-refractivity contribution in [2.45, 2.75) is 20.8 Å². The van der Waals surface area contributed by atoms with Crippen LogP contribution in [0.5, 0.6) is 0 Å². The molecule has 0 spiro atoms. The minimum atomic E-state index is -0.278. The van der Waals surface area contributed by atoms with E-state index in [1.165, 1.54) is 0 Å². The number of nitrogens with zero attached hydrogens (tertiary/aromatic N) is 2. The molecule has 4 aromatic rings. The number of carbonyl (C=O) groups is 1. The highest BCUT2D eigenvalue weighted by molar-refractivity contribution is 6.06. The molecule has 2 aromatic carbocycles. The number of anilines is 1. The van der Waals surface area contributed by atoms with E-state index in [0.29, 0.717) is 23.2 Å². The van der Waals surface area contributed by atoms with Gasteiger partial charge in [-0.15, -0.1) is 10.2 Å². The first-order chi connectivity index (χ1) is 12.5. The molecule has 1 N–H and O–H groups in total. The molecule has 0 fully saturated rings. The number of furan rings is 1. The smallest absolute Gasteiger partial charge is 0.291 e. The molecule has 0 aliphatic carbocycles. The van der Waals surface area contributed by atoms with E-state index in [0.717, 1.165) is 27.7 Å². The van der Waals surface area contributed by atoms with Gasteiger partial charge in [-0.2, -0.15) is 0 Å². The monoisotopic (exact) mass is 347 g/mol. The van der Waals surface area contributed by atoms with Crippen LogP contribution in [-0.2, 0) is 0 Å². The molecule has 0 aliphatic rings. The van der Waals surface area contributed by atoms with Gasteiger partial charge < -0.3 is 14.2 Å². The van der Waals surface area contributed by atoms with Crippen LogP contribution in [0.3, 0.4) is 0 Å². The largest absolute Gasteiger partial charge is 0.450 e. The molecular formula is C20H17N3O3. The van der Waals surface area contributed by atoms with Crippen LogP contribution < -0.4 is 5.32 Å². The van der Waals surface area contributed by atoms with E-state index in [-0.39, 0.29) is 5.91 Å². The summed E-state index contributed by atoms with van der Waals surface area (Å²) in [5, 5.41) is 11.6. The number of carbonyl (C=O) groups excluding carboxylic acids is 1. The number of fused-ring (bicyclic) bond motifs is 1. The number of hydrogen-bond acceptors (Lipinski definition) is 5. The summed E-state index contributed by atoms with van der Waals surface area (Å²) in [7, 11) is 0. The number of hydrogen-bond donors (Lipinski definition) is 1. The van der Waals surface area contributed by atoms with Crippen LogP contribution in [0.1, 0.15) is 27.6 Å². The van der Waals surface area contributed by atoms with Crippen molar-refractivity contribution in [2.24, 2.45) is 0 Å². The topological polar surface area (TPSA) is 81.2 Å². The second kappa shape index (κ2) is 6.15. The average Bonchev–Trinajstić information content (AvgIpc) is 3.21. The lowest BCUT2D eigenvalue weighted by molar-refractivity contribution is 0.0998. The summed E-state index contributed by atoms with van der Waals surface area (Å²) in [6, 6.07) is 13.1. The Bertz CT molecular complexity index is 1110. The molecule has 0 radical (unpaired) electrons. The lowest BCUT2D eigenvalue weighted by atomic mass is 10.1. The third-order valence-electron chi connectivity index (χ3n) is 4.28. The normalized spacial score (nSPS) is 11.0. The highest BCUT2D eigenvalue weighted by Crippen LogP contribution is 2.28. The van der Waals surface area contributed by atoms with E-state index in [1.807, 2.05) is 44.2 Å². The lowest BCUT2D eigenvalue weighted by Crippen LogP contribution is -2.12. The molecular weight excluding hydrogens is 330 g/mol. The highest BCUT2D eigenvalue weighted by Gasteiger charge is 2.18. The van der Waals surface area contributed by atoms with Crippen LogP contribution in [0, 0.1) is 20.8 Å². The number of rotatable bonds is 3. The molecule has 1 amide bonds. The maximum absolute atomic E-state index is 12.6. The van der Waals surface area contributed by atoms with Gasteiger partial charge in [-0.05, 0) is 43.7 Å². The summed E-state index contributed by atoms with van der Waals surface area (Å²) < 4.78 is 11.2. The molecule has 6 nitrogen and oxygen atoms in total. The van der Waals surface area contributed by atoms with Gasteiger partial charge in [0.2, 0.25) is 11.8 Å². The van der Waals surface area contributed by atoms with E-state index < -0.39 is 0 Å². The van der Waals surface area contributed by atoms with Crippen LogP contribution in [0.15, 0.2) is 51.3 Å². The first-order valence-electron chi connectivity index (χ1n) is 8.23. The third kappa shape index (κ3) is 2.75. The quantitative estimate of drug-likeness (QED) is 0.583. The van der Waals surface area contributed by atoms with Crippen molar-refractivity contribution in [3.05, 3.63) is 65.2 Å². The number of nitrogens with one attached hydrogen (secondary N) is 1. The fourth-order valence-electron chi connectivity index (χ4n) is 2.90. The molecule has 130 valence electrons. The zero-order valence-corrected chi connectivity index (χ0v) is 14.7. The average molecular weight is 347 g/mol. The molecule has 0 bridgehead atoms. The Hall–Kier alpha value is -3.41. The van der Waals surface area contributed by atoms with Crippen LogP contribution in [0.25, 0.3) is 22.4 Å². The van der Waals surface area contributed by atoms with Gasteiger partial charge >= 0.3 is 0 Å². The third-order valence-corrected chi connectivity index (χ3v) is 4.28. The van der Waals surface area contributed by atoms with Crippen molar-refractivity contribution >= 4 is 22.6 Å². The standard InChI is InChI=1S/C20H17N3O3/c1-11-5-4-6-16-12(2)18(26-17(11)16)19(24)21-15-9-7-14(8-10-15)20-23-22-13(3)25-20/h4-10H,1-3H3,(H,21,24). The van der Waals surface area contributed by atoms with Crippen molar-refractivity contribution < 1.29 is 13.6 Å². The van der Waals surface area contributed by atoms with Crippen molar-refractivity contribution in [2.75, 3.05) is 5.32 Å². The summed E-state index contributed by atoms with van der Waals surface area (Å²) in [5.74, 6) is 1.00. The van der Waals surface area contributed by atoms with Gasteiger partial charge in [-0.25, -0.2) is 0 Å². The van der Waals surface area contributed by atoms with Gasteiger partial charge in [0.1, 0.15) is 5.58 Å². The maximum Gasteiger partial charge on any atom is 0.291 e. The first-order valence-corrected chi connectivity index (χ1v) is 8.23. The molecule has 4 rings (SSSR count). The number of para-hydroxylation sites is 1. The number of amides is 1. The molecule has 0 aliphatic heterocycles. The van der Waals surface area contributed by atoms with Crippen LogP contribution in [-0.4, -0.2) is 16.1 Å². The van der Waals surface area contributed by atoms with Gasteiger partial charge in [-0.3, -0.25) is 4.79 Å². The molecule has 0 unspecified atom stereocenters. The Labute approximate surface area is 149 Å². The molecule has 26 heavy (non-hydrogen) atoms. The summed E-state index contributed by atoms with van der Waals surface area (Å²) >= 11 is 0. The Morgan fingerprint density at radius 1 is 0.962 bits per heavy atom. The summed E-state index contributed by atoms with van der Waals surface area (Å²) in [6.45, 7) is 5.59. The first kappa shape index (κ1) is 16.1. The van der Waals surface area contributed by atoms with E-state index in [1.54, 1.807) is 19.1 Å². The van der Waals surface area contributed by atoms with Gasteiger partial charge in [0, 0.05) is 29.1 Å². The van der Waals surface area contributed by atoms with Crippen LogP contribution >= 0.6 is 0 Å². The Morgan fingerprint density at radius 3 is 2.38 bits per heavy atom. The number of benzene rings is 2. The van der Waals surface area contributed by atoms with E-state index in [9.17, 15) is 4.79 Å². The fourth-order valence-corrected chi connectivity index (χ4v) is 2.90. The fraction of sp³-hybridized carbons (Fsp3) is 0.150. The summed E-state index contributed by atoms with van der Waals surface area (Å²) in [6.07, 6.45) is 0. The van der Waals surface area contributed by atoms with E-state index in [2.05, 4.69) is 15.5 Å².